The Balaban J connectivity index is 2.13. The summed E-state index contributed by atoms with van der Waals surface area (Å²) in [5.41, 5.74) is 0.479. The third kappa shape index (κ3) is 4.38. The topological polar surface area (TPSA) is 38.3 Å². The summed E-state index contributed by atoms with van der Waals surface area (Å²) in [6, 6.07) is 10.2. The van der Waals surface area contributed by atoms with Gasteiger partial charge in [0.25, 0.3) is 0 Å². The SMILES string of the molecule is COc1ccc(/C=C/C(=O)Nc2ccccc2C(F)(F)F)cc1C. The molecule has 0 aliphatic carbocycles. The van der Waals surface area contributed by atoms with E-state index >= 15 is 0 Å². The van der Waals surface area contributed by atoms with Gasteiger partial charge in [-0.15, -0.1) is 0 Å². The van der Waals surface area contributed by atoms with E-state index in [9.17, 15) is 18.0 Å². The third-order valence-electron chi connectivity index (χ3n) is 3.34. The minimum atomic E-state index is -4.53. The lowest BCUT2D eigenvalue weighted by molar-refractivity contribution is -0.136. The number of aryl methyl sites for hydroxylation is 1. The predicted molar refractivity (Wildman–Crippen MR) is 86.8 cm³/mol. The highest BCUT2D eigenvalue weighted by Crippen LogP contribution is 2.34. The highest BCUT2D eigenvalue weighted by molar-refractivity contribution is 6.02. The van der Waals surface area contributed by atoms with Crippen molar-refractivity contribution in [2.45, 2.75) is 13.1 Å². The lowest BCUT2D eigenvalue weighted by Crippen LogP contribution is -2.14. The van der Waals surface area contributed by atoms with Gasteiger partial charge in [0, 0.05) is 6.08 Å². The summed E-state index contributed by atoms with van der Waals surface area (Å²) in [5, 5.41) is 2.25. The Morgan fingerprint density at radius 2 is 1.88 bits per heavy atom. The first-order valence-corrected chi connectivity index (χ1v) is 7.11. The fraction of sp³-hybridized carbons (Fsp3) is 0.167. The molecule has 0 saturated heterocycles. The van der Waals surface area contributed by atoms with Crippen LogP contribution in [0.2, 0.25) is 0 Å². The van der Waals surface area contributed by atoms with E-state index in [4.69, 9.17) is 4.74 Å². The predicted octanol–water partition coefficient (Wildman–Crippen LogP) is 4.67. The maximum absolute atomic E-state index is 12.9. The molecule has 0 atom stereocenters. The van der Waals surface area contributed by atoms with Crippen molar-refractivity contribution in [3.05, 3.63) is 65.2 Å². The molecular formula is C18H16F3NO2. The van der Waals surface area contributed by atoms with E-state index in [2.05, 4.69) is 5.32 Å². The van der Waals surface area contributed by atoms with Gasteiger partial charge in [-0.25, -0.2) is 0 Å². The number of ether oxygens (including phenoxy) is 1. The van der Waals surface area contributed by atoms with Gasteiger partial charge in [0.1, 0.15) is 5.75 Å². The molecule has 0 aliphatic heterocycles. The van der Waals surface area contributed by atoms with Crippen molar-refractivity contribution in [2.75, 3.05) is 12.4 Å². The molecule has 126 valence electrons. The Morgan fingerprint density at radius 3 is 2.50 bits per heavy atom. The molecule has 1 N–H and O–H groups in total. The van der Waals surface area contributed by atoms with Gasteiger partial charge < -0.3 is 10.1 Å². The van der Waals surface area contributed by atoms with Gasteiger partial charge in [-0.3, -0.25) is 4.79 Å². The minimum absolute atomic E-state index is 0.273. The van der Waals surface area contributed by atoms with E-state index in [1.54, 1.807) is 19.2 Å². The van der Waals surface area contributed by atoms with Crippen molar-refractivity contribution in [1.82, 2.24) is 0 Å². The van der Waals surface area contributed by atoms with Crippen LogP contribution in [0.5, 0.6) is 5.75 Å². The van der Waals surface area contributed by atoms with Gasteiger partial charge in [0.15, 0.2) is 0 Å². The van der Waals surface area contributed by atoms with Crippen LogP contribution in [0.4, 0.5) is 18.9 Å². The molecule has 0 saturated carbocycles. The fourth-order valence-corrected chi connectivity index (χ4v) is 2.19. The highest BCUT2D eigenvalue weighted by atomic mass is 19.4. The lowest BCUT2D eigenvalue weighted by atomic mass is 10.1. The molecule has 1 amide bonds. The normalized spacial score (nSPS) is 11.5. The van der Waals surface area contributed by atoms with Gasteiger partial charge in [0.2, 0.25) is 5.91 Å². The smallest absolute Gasteiger partial charge is 0.418 e. The molecular weight excluding hydrogens is 319 g/mol. The summed E-state index contributed by atoms with van der Waals surface area (Å²) in [6.07, 6.45) is -1.81. The number of rotatable bonds is 4. The van der Waals surface area contributed by atoms with Crippen LogP contribution in [0.3, 0.4) is 0 Å². The van der Waals surface area contributed by atoms with E-state index < -0.39 is 17.6 Å². The van der Waals surface area contributed by atoms with Crippen LogP contribution < -0.4 is 10.1 Å². The summed E-state index contributed by atoms with van der Waals surface area (Å²) in [4.78, 5) is 11.9. The fourth-order valence-electron chi connectivity index (χ4n) is 2.19. The Kier molecular flexibility index (Phi) is 5.28. The molecule has 24 heavy (non-hydrogen) atoms. The molecule has 6 heteroatoms. The zero-order valence-electron chi connectivity index (χ0n) is 13.1. The van der Waals surface area contributed by atoms with Crippen LogP contribution in [0.15, 0.2) is 48.5 Å². The van der Waals surface area contributed by atoms with E-state index in [-0.39, 0.29) is 5.69 Å². The number of anilines is 1. The molecule has 0 heterocycles. The number of benzene rings is 2. The summed E-state index contributed by atoms with van der Waals surface area (Å²) in [7, 11) is 1.56. The average molecular weight is 335 g/mol. The second-order valence-electron chi connectivity index (χ2n) is 5.09. The van der Waals surface area contributed by atoms with Gasteiger partial charge in [-0.2, -0.15) is 13.2 Å². The van der Waals surface area contributed by atoms with Crippen molar-refractivity contribution in [2.24, 2.45) is 0 Å². The molecule has 0 radical (unpaired) electrons. The number of alkyl halides is 3. The van der Waals surface area contributed by atoms with Crippen LogP contribution in [0.1, 0.15) is 16.7 Å². The largest absolute Gasteiger partial charge is 0.496 e. The first-order valence-electron chi connectivity index (χ1n) is 7.11. The van der Waals surface area contributed by atoms with Gasteiger partial charge in [0.05, 0.1) is 18.4 Å². The van der Waals surface area contributed by atoms with Crippen LogP contribution >= 0.6 is 0 Å². The number of hydrogen-bond acceptors (Lipinski definition) is 2. The van der Waals surface area contributed by atoms with Gasteiger partial charge in [-0.1, -0.05) is 18.2 Å². The molecule has 3 nitrogen and oxygen atoms in total. The maximum Gasteiger partial charge on any atom is 0.418 e. The minimum Gasteiger partial charge on any atom is -0.496 e. The molecule has 0 aliphatic rings. The average Bonchev–Trinajstić information content (AvgIpc) is 2.52. The van der Waals surface area contributed by atoms with Crippen LogP contribution in [-0.2, 0) is 11.0 Å². The Hall–Kier alpha value is -2.76. The molecule has 2 aromatic rings. The summed E-state index contributed by atoms with van der Waals surface area (Å²) in [6.45, 7) is 1.86. The molecule has 2 aromatic carbocycles. The summed E-state index contributed by atoms with van der Waals surface area (Å²) < 4.78 is 43.8. The first-order chi connectivity index (χ1) is 11.3. The molecule has 2 rings (SSSR count). The number of carbonyl (C=O) groups is 1. The van der Waals surface area contributed by atoms with Crippen LogP contribution in [-0.4, -0.2) is 13.0 Å². The zero-order valence-corrected chi connectivity index (χ0v) is 13.1. The quantitative estimate of drug-likeness (QED) is 0.824. The summed E-state index contributed by atoms with van der Waals surface area (Å²) >= 11 is 0. The number of amides is 1. The lowest BCUT2D eigenvalue weighted by Gasteiger charge is -2.12. The van der Waals surface area contributed by atoms with Crippen molar-refractivity contribution in [3.8, 4) is 5.75 Å². The number of halogens is 3. The van der Waals surface area contributed by atoms with E-state index in [0.717, 1.165) is 22.9 Å². The van der Waals surface area contributed by atoms with Crippen molar-refractivity contribution in [1.29, 1.82) is 0 Å². The van der Waals surface area contributed by atoms with E-state index in [0.29, 0.717) is 0 Å². The Bertz CT molecular complexity index is 767. The van der Waals surface area contributed by atoms with Crippen molar-refractivity contribution in [3.63, 3.8) is 0 Å². The van der Waals surface area contributed by atoms with Gasteiger partial charge >= 0.3 is 6.18 Å². The Labute approximate surface area is 137 Å². The first kappa shape index (κ1) is 17.6. The summed E-state index contributed by atoms with van der Waals surface area (Å²) in [5.74, 6) is 0.0795. The molecule has 0 bridgehead atoms. The molecule has 0 aromatic heterocycles. The maximum atomic E-state index is 12.9. The number of hydrogen-bond donors (Lipinski definition) is 1. The molecule has 0 fully saturated rings. The molecule has 0 spiro atoms. The monoisotopic (exact) mass is 335 g/mol. The second kappa shape index (κ2) is 7.21. The number of methoxy groups -OCH3 is 1. The van der Waals surface area contributed by atoms with E-state index in [1.165, 1.54) is 30.4 Å². The van der Waals surface area contributed by atoms with Crippen LogP contribution in [0, 0.1) is 6.92 Å². The number of carbonyl (C=O) groups excluding carboxylic acids is 1. The third-order valence-corrected chi connectivity index (χ3v) is 3.34. The number of para-hydroxylation sites is 1. The highest BCUT2D eigenvalue weighted by Gasteiger charge is 2.33. The second-order valence-corrected chi connectivity index (χ2v) is 5.09. The van der Waals surface area contributed by atoms with Crippen molar-refractivity contribution >= 4 is 17.7 Å². The zero-order chi connectivity index (χ0) is 17.7. The van der Waals surface area contributed by atoms with Crippen molar-refractivity contribution < 1.29 is 22.7 Å². The van der Waals surface area contributed by atoms with E-state index in [1.807, 2.05) is 13.0 Å². The standard InChI is InChI=1S/C18H16F3NO2/c1-12-11-13(7-9-16(12)24-2)8-10-17(23)22-15-6-4-3-5-14(15)18(19,20)21/h3-11H,1-2H3,(H,22,23)/b10-8+. The van der Waals surface area contributed by atoms with Crippen LogP contribution in [0.25, 0.3) is 6.08 Å². The molecule has 0 unspecified atom stereocenters. The number of nitrogens with one attached hydrogen (secondary N) is 1. The Morgan fingerprint density at radius 1 is 1.17 bits per heavy atom. The van der Waals surface area contributed by atoms with Gasteiger partial charge in [-0.05, 0) is 48.4 Å².